The Morgan fingerprint density at radius 2 is 1.93 bits per heavy atom. The maximum atomic E-state index is 8.83. The number of piperazine rings is 1. The van der Waals surface area contributed by atoms with Crippen molar-refractivity contribution in [3.05, 3.63) is 0 Å². The first-order valence-corrected chi connectivity index (χ1v) is 6.18. The molecule has 0 aliphatic carbocycles. The van der Waals surface area contributed by atoms with Crippen molar-refractivity contribution in [1.29, 1.82) is 0 Å². The second-order valence-corrected chi connectivity index (χ2v) is 5.15. The fourth-order valence-corrected chi connectivity index (χ4v) is 2.46. The normalized spacial score (nSPS) is 23.2. The molecule has 0 radical (unpaired) electrons. The molecule has 1 saturated heterocycles. The van der Waals surface area contributed by atoms with Crippen molar-refractivity contribution in [1.82, 2.24) is 9.80 Å². The number of rotatable bonds is 5. The average Bonchev–Trinajstić information content (AvgIpc) is 2.18. The molecular weight excluding hydrogens is 188 g/mol. The fraction of sp³-hybridized carbons (Fsp3) is 1.00. The number of nitrogens with zero attached hydrogens (tertiary/aromatic N) is 2. The van der Waals surface area contributed by atoms with Gasteiger partial charge in [-0.25, -0.2) is 0 Å². The molecule has 1 rings (SSSR count). The van der Waals surface area contributed by atoms with Gasteiger partial charge < -0.3 is 10.0 Å². The van der Waals surface area contributed by atoms with E-state index in [-0.39, 0.29) is 0 Å². The molecule has 90 valence electrons. The average molecular weight is 214 g/mol. The lowest BCUT2D eigenvalue weighted by atomic mass is 9.98. The van der Waals surface area contributed by atoms with Crippen LogP contribution in [0.3, 0.4) is 0 Å². The lowest BCUT2D eigenvalue weighted by Crippen LogP contribution is -2.59. The first-order valence-electron chi connectivity index (χ1n) is 6.18. The van der Waals surface area contributed by atoms with Crippen molar-refractivity contribution in [2.24, 2.45) is 0 Å². The van der Waals surface area contributed by atoms with Gasteiger partial charge >= 0.3 is 0 Å². The third-order valence-corrected chi connectivity index (χ3v) is 3.28. The predicted molar refractivity (Wildman–Crippen MR) is 64.1 cm³/mol. The van der Waals surface area contributed by atoms with E-state index in [4.69, 9.17) is 5.11 Å². The summed E-state index contributed by atoms with van der Waals surface area (Å²) in [7, 11) is 0. The van der Waals surface area contributed by atoms with E-state index in [1.165, 1.54) is 19.5 Å². The molecular formula is C12H26N2O. The monoisotopic (exact) mass is 214 g/mol. The van der Waals surface area contributed by atoms with Crippen LogP contribution in [0.2, 0.25) is 0 Å². The van der Waals surface area contributed by atoms with Gasteiger partial charge in [-0.3, -0.25) is 4.90 Å². The fourth-order valence-electron chi connectivity index (χ4n) is 2.46. The van der Waals surface area contributed by atoms with Crippen LogP contribution >= 0.6 is 0 Å². The topological polar surface area (TPSA) is 26.7 Å². The van der Waals surface area contributed by atoms with E-state index in [0.717, 1.165) is 26.1 Å². The van der Waals surface area contributed by atoms with Crippen LogP contribution in [-0.4, -0.2) is 59.8 Å². The molecule has 0 aromatic rings. The van der Waals surface area contributed by atoms with Crippen molar-refractivity contribution in [3.63, 3.8) is 0 Å². The minimum Gasteiger partial charge on any atom is -0.396 e. The Bertz CT molecular complexity index is 182. The van der Waals surface area contributed by atoms with Gasteiger partial charge in [0.15, 0.2) is 0 Å². The van der Waals surface area contributed by atoms with Crippen LogP contribution in [0.4, 0.5) is 0 Å². The largest absolute Gasteiger partial charge is 0.396 e. The number of hydrogen-bond donors (Lipinski definition) is 1. The van der Waals surface area contributed by atoms with E-state index in [1.807, 2.05) is 0 Å². The minimum atomic E-state index is 0.295. The zero-order valence-electron chi connectivity index (χ0n) is 10.5. The summed E-state index contributed by atoms with van der Waals surface area (Å²) in [6, 6.07) is 0. The molecule has 1 fully saturated rings. The smallest absolute Gasteiger partial charge is 0.0443 e. The molecule has 0 unspecified atom stereocenters. The van der Waals surface area contributed by atoms with Crippen molar-refractivity contribution < 1.29 is 5.11 Å². The van der Waals surface area contributed by atoms with Crippen molar-refractivity contribution in [2.75, 3.05) is 39.3 Å². The van der Waals surface area contributed by atoms with Gasteiger partial charge in [-0.15, -0.1) is 0 Å². The summed E-state index contributed by atoms with van der Waals surface area (Å²) >= 11 is 0. The molecule has 1 N–H and O–H groups in total. The Hall–Kier alpha value is -0.120. The second-order valence-electron chi connectivity index (χ2n) is 5.15. The molecule has 3 heteroatoms. The number of aliphatic hydroxyl groups is 1. The van der Waals surface area contributed by atoms with Crippen LogP contribution in [0.5, 0.6) is 0 Å². The molecule has 0 bridgehead atoms. The quantitative estimate of drug-likeness (QED) is 0.744. The molecule has 1 heterocycles. The van der Waals surface area contributed by atoms with Gasteiger partial charge in [-0.2, -0.15) is 0 Å². The van der Waals surface area contributed by atoms with Crippen molar-refractivity contribution in [3.8, 4) is 0 Å². The highest BCUT2D eigenvalue weighted by Gasteiger charge is 2.32. The third-order valence-electron chi connectivity index (χ3n) is 3.28. The van der Waals surface area contributed by atoms with Crippen molar-refractivity contribution >= 4 is 0 Å². The predicted octanol–water partition coefficient (Wildman–Crippen LogP) is 1.18. The van der Waals surface area contributed by atoms with Crippen LogP contribution in [0.15, 0.2) is 0 Å². The minimum absolute atomic E-state index is 0.295. The van der Waals surface area contributed by atoms with E-state index in [9.17, 15) is 0 Å². The Kier molecular flexibility index (Phi) is 5.03. The van der Waals surface area contributed by atoms with E-state index >= 15 is 0 Å². The highest BCUT2D eigenvalue weighted by Crippen LogP contribution is 2.20. The Labute approximate surface area is 94.1 Å². The van der Waals surface area contributed by atoms with Crippen LogP contribution < -0.4 is 0 Å². The summed E-state index contributed by atoms with van der Waals surface area (Å²) in [5.41, 5.74) is 0.295. The summed E-state index contributed by atoms with van der Waals surface area (Å²) < 4.78 is 0. The zero-order chi connectivity index (χ0) is 11.3. The molecule has 1 aliphatic rings. The standard InChI is InChI=1S/C12H26N2O/c1-4-6-14-9-8-13(7-5-10-15)11-12(14,2)3/h15H,4-11H2,1-3H3. The maximum absolute atomic E-state index is 8.83. The van der Waals surface area contributed by atoms with Gasteiger partial charge in [0.25, 0.3) is 0 Å². The second kappa shape index (κ2) is 5.83. The molecule has 0 amide bonds. The van der Waals surface area contributed by atoms with Crippen LogP contribution in [0.1, 0.15) is 33.6 Å². The van der Waals surface area contributed by atoms with E-state index < -0.39 is 0 Å². The zero-order valence-corrected chi connectivity index (χ0v) is 10.5. The number of aliphatic hydroxyl groups excluding tert-OH is 1. The van der Waals surface area contributed by atoms with Gasteiger partial charge in [-0.05, 0) is 33.2 Å². The van der Waals surface area contributed by atoms with Gasteiger partial charge in [0.2, 0.25) is 0 Å². The van der Waals surface area contributed by atoms with Crippen molar-refractivity contribution in [2.45, 2.75) is 39.2 Å². The molecule has 0 aromatic carbocycles. The molecule has 0 saturated carbocycles. The third kappa shape index (κ3) is 3.74. The Morgan fingerprint density at radius 3 is 2.47 bits per heavy atom. The summed E-state index contributed by atoms with van der Waals surface area (Å²) in [4.78, 5) is 5.06. The maximum Gasteiger partial charge on any atom is 0.0443 e. The highest BCUT2D eigenvalue weighted by atomic mass is 16.3. The summed E-state index contributed by atoms with van der Waals surface area (Å²) in [6.07, 6.45) is 2.14. The number of hydrogen-bond acceptors (Lipinski definition) is 3. The molecule has 3 nitrogen and oxygen atoms in total. The lowest BCUT2D eigenvalue weighted by Gasteiger charge is -2.47. The van der Waals surface area contributed by atoms with Gasteiger partial charge in [-0.1, -0.05) is 6.92 Å². The van der Waals surface area contributed by atoms with E-state index in [0.29, 0.717) is 12.1 Å². The van der Waals surface area contributed by atoms with Gasteiger partial charge in [0.1, 0.15) is 0 Å². The summed E-state index contributed by atoms with van der Waals surface area (Å²) in [6.45, 7) is 12.9. The van der Waals surface area contributed by atoms with Crippen LogP contribution in [-0.2, 0) is 0 Å². The molecule has 1 aliphatic heterocycles. The van der Waals surface area contributed by atoms with Gasteiger partial charge in [0.05, 0.1) is 0 Å². The summed E-state index contributed by atoms with van der Waals surface area (Å²) in [5, 5.41) is 8.83. The van der Waals surface area contributed by atoms with E-state index in [1.54, 1.807) is 0 Å². The van der Waals surface area contributed by atoms with Crippen LogP contribution in [0, 0.1) is 0 Å². The lowest BCUT2D eigenvalue weighted by molar-refractivity contribution is 0.0178. The van der Waals surface area contributed by atoms with Gasteiger partial charge in [0, 0.05) is 38.3 Å². The molecule has 15 heavy (non-hydrogen) atoms. The first kappa shape index (κ1) is 12.9. The Morgan fingerprint density at radius 1 is 1.20 bits per heavy atom. The Balaban J connectivity index is 2.41. The molecule has 0 aromatic heterocycles. The van der Waals surface area contributed by atoms with E-state index in [2.05, 4.69) is 30.6 Å². The van der Waals surface area contributed by atoms with Crippen LogP contribution in [0.25, 0.3) is 0 Å². The molecule has 0 atom stereocenters. The molecule has 0 spiro atoms. The highest BCUT2D eigenvalue weighted by molar-refractivity contribution is 4.89. The SMILES string of the molecule is CCCN1CCN(CCCO)CC1(C)C. The summed E-state index contributed by atoms with van der Waals surface area (Å²) in [5.74, 6) is 0. The first-order chi connectivity index (χ1) is 7.10.